The summed E-state index contributed by atoms with van der Waals surface area (Å²) in [6, 6.07) is 7.13. The van der Waals surface area contributed by atoms with E-state index < -0.39 is 6.04 Å². The summed E-state index contributed by atoms with van der Waals surface area (Å²) in [5.41, 5.74) is 8.06. The molecule has 5 heteroatoms. The fraction of sp³-hybridized carbons (Fsp3) is 0.375. The van der Waals surface area contributed by atoms with Crippen molar-refractivity contribution in [2.45, 2.75) is 32.9 Å². The van der Waals surface area contributed by atoms with Crippen molar-refractivity contribution in [1.29, 1.82) is 0 Å². The molecule has 1 atom stereocenters. The molecule has 1 aromatic carbocycles. The molecule has 1 amide bonds. The fourth-order valence-electron chi connectivity index (χ4n) is 2.02. The van der Waals surface area contributed by atoms with Crippen LogP contribution in [-0.4, -0.2) is 22.8 Å². The van der Waals surface area contributed by atoms with Gasteiger partial charge in [-0.25, -0.2) is 4.98 Å². The van der Waals surface area contributed by atoms with E-state index in [9.17, 15) is 4.79 Å². The van der Waals surface area contributed by atoms with E-state index in [2.05, 4.69) is 11.9 Å². The summed E-state index contributed by atoms with van der Waals surface area (Å²) in [5.74, 6) is -0.0906. The number of nitrogens with two attached hydrogens (primary N) is 1. The van der Waals surface area contributed by atoms with Crippen molar-refractivity contribution < 1.29 is 4.79 Å². The van der Waals surface area contributed by atoms with E-state index >= 15 is 0 Å². The zero-order valence-electron chi connectivity index (χ0n) is 12.7. The van der Waals surface area contributed by atoms with Gasteiger partial charge in [0, 0.05) is 18.1 Å². The van der Waals surface area contributed by atoms with Gasteiger partial charge in [-0.1, -0.05) is 36.8 Å². The predicted molar refractivity (Wildman–Crippen MR) is 86.1 cm³/mol. The average Bonchev–Trinajstić information content (AvgIpc) is 2.94. The third kappa shape index (κ3) is 3.89. The minimum Gasteiger partial charge on any atom is -0.337 e. The van der Waals surface area contributed by atoms with Gasteiger partial charge in [0.05, 0.1) is 6.54 Å². The molecule has 4 nitrogen and oxygen atoms in total. The lowest BCUT2D eigenvalue weighted by Crippen LogP contribution is -2.35. The predicted octanol–water partition coefficient (Wildman–Crippen LogP) is 2.67. The highest BCUT2D eigenvalue weighted by Gasteiger charge is 2.20. The third-order valence-corrected chi connectivity index (χ3v) is 4.53. The Morgan fingerprint density at radius 2 is 2.05 bits per heavy atom. The molecule has 2 rings (SSSR count). The number of amides is 1. The molecule has 0 aliphatic rings. The first kappa shape index (κ1) is 15.7. The highest BCUT2D eigenvalue weighted by atomic mass is 32.1. The van der Waals surface area contributed by atoms with E-state index in [1.807, 2.05) is 37.4 Å². The Morgan fingerprint density at radius 1 is 1.38 bits per heavy atom. The monoisotopic (exact) mass is 303 g/mol. The number of thiazole rings is 1. The average molecular weight is 303 g/mol. The van der Waals surface area contributed by atoms with Crippen molar-refractivity contribution in [2.24, 2.45) is 5.73 Å². The molecule has 1 unspecified atom stereocenters. The van der Waals surface area contributed by atoms with Gasteiger partial charge < -0.3 is 10.6 Å². The van der Waals surface area contributed by atoms with Crippen molar-refractivity contribution in [3.05, 3.63) is 51.5 Å². The van der Waals surface area contributed by atoms with Crippen LogP contribution in [0.3, 0.4) is 0 Å². The van der Waals surface area contributed by atoms with Crippen molar-refractivity contribution in [1.82, 2.24) is 9.88 Å². The lowest BCUT2D eigenvalue weighted by atomic mass is 10.1. The zero-order chi connectivity index (χ0) is 15.4. The minimum atomic E-state index is -0.624. The van der Waals surface area contributed by atoms with Crippen LogP contribution in [-0.2, 0) is 17.8 Å². The van der Waals surface area contributed by atoms with Crippen molar-refractivity contribution >= 4 is 17.2 Å². The zero-order valence-corrected chi connectivity index (χ0v) is 13.5. The van der Waals surface area contributed by atoms with E-state index in [0.29, 0.717) is 6.54 Å². The highest BCUT2D eigenvalue weighted by molar-refractivity contribution is 7.11. The van der Waals surface area contributed by atoms with Crippen LogP contribution in [0.15, 0.2) is 30.5 Å². The highest BCUT2D eigenvalue weighted by Crippen LogP contribution is 2.18. The maximum atomic E-state index is 12.4. The summed E-state index contributed by atoms with van der Waals surface area (Å²) in [4.78, 5) is 19.6. The molecule has 2 aromatic rings. The van der Waals surface area contributed by atoms with E-state index in [1.165, 1.54) is 4.88 Å². The smallest absolute Gasteiger partial charge is 0.244 e. The topological polar surface area (TPSA) is 59.2 Å². The van der Waals surface area contributed by atoms with Gasteiger partial charge in [0.25, 0.3) is 0 Å². The van der Waals surface area contributed by atoms with Gasteiger partial charge in [0.2, 0.25) is 5.91 Å². The summed E-state index contributed by atoms with van der Waals surface area (Å²) >= 11 is 1.64. The first-order valence-electron chi connectivity index (χ1n) is 7.02. The molecule has 0 bridgehead atoms. The lowest BCUT2D eigenvalue weighted by molar-refractivity contribution is -0.131. The van der Waals surface area contributed by atoms with Gasteiger partial charge in [-0.15, -0.1) is 11.3 Å². The second kappa shape index (κ2) is 6.83. The number of aromatic nitrogens is 1. The standard InChI is InChI=1S/C16H21N3OS/c1-4-13-9-18-14(21-13)10-19(3)16(20)15(17)12-7-5-11(2)6-8-12/h5-9,15H,4,10,17H2,1-3H3. The molecule has 0 spiro atoms. The Balaban J connectivity index is 2.02. The minimum absolute atomic E-state index is 0.0906. The van der Waals surface area contributed by atoms with E-state index in [-0.39, 0.29) is 5.91 Å². The maximum Gasteiger partial charge on any atom is 0.244 e. The normalized spacial score (nSPS) is 12.2. The second-order valence-electron chi connectivity index (χ2n) is 5.16. The quantitative estimate of drug-likeness (QED) is 0.924. The number of carbonyl (C=O) groups is 1. The van der Waals surface area contributed by atoms with Crippen LogP contribution in [0.4, 0.5) is 0 Å². The van der Waals surface area contributed by atoms with E-state index in [1.54, 1.807) is 23.3 Å². The van der Waals surface area contributed by atoms with Gasteiger partial charge in [-0.05, 0) is 18.9 Å². The number of rotatable bonds is 5. The molecule has 0 saturated heterocycles. The Morgan fingerprint density at radius 3 is 2.62 bits per heavy atom. The Kier molecular flexibility index (Phi) is 5.09. The molecule has 21 heavy (non-hydrogen) atoms. The fourth-order valence-corrected chi connectivity index (χ4v) is 2.94. The summed E-state index contributed by atoms with van der Waals surface area (Å²) < 4.78 is 0. The van der Waals surface area contributed by atoms with Crippen molar-refractivity contribution in [3.8, 4) is 0 Å². The summed E-state index contributed by atoms with van der Waals surface area (Å²) in [5, 5.41) is 0.943. The largest absolute Gasteiger partial charge is 0.337 e. The summed E-state index contributed by atoms with van der Waals surface area (Å²) in [6.45, 7) is 4.61. The second-order valence-corrected chi connectivity index (χ2v) is 6.36. The SMILES string of the molecule is CCc1cnc(CN(C)C(=O)C(N)c2ccc(C)cc2)s1. The van der Waals surface area contributed by atoms with E-state index in [4.69, 9.17) is 5.73 Å². The number of hydrogen-bond donors (Lipinski definition) is 1. The maximum absolute atomic E-state index is 12.4. The molecule has 0 fully saturated rings. The molecule has 0 radical (unpaired) electrons. The van der Waals surface area contributed by atoms with Crippen LogP contribution in [0, 0.1) is 6.92 Å². The van der Waals surface area contributed by atoms with Crippen LogP contribution in [0.25, 0.3) is 0 Å². The van der Waals surface area contributed by atoms with Gasteiger partial charge >= 0.3 is 0 Å². The van der Waals surface area contributed by atoms with Crippen LogP contribution in [0.1, 0.15) is 34.0 Å². The molecule has 2 N–H and O–H groups in total. The third-order valence-electron chi connectivity index (χ3n) is 3.40. The van der Waals surface area contributed by atoms with E-state index in [0.717, 1.165) is 22.6 Å². The van der Waals surface area contributed by atoms with Gasteiger partial charge in [-0.3, -0.25) is 4.79 Å². The van der Waals surface area contributed by atoms with Crippen molar-refractivity contribution in [3.63, 3.8) is 0 Å². The first-order valence-corrected chi connectivity index (χ1v) is 7.83. The van der Waals surface area contributed by atoms with Gasteiger partial charge in [0.1, 0.15) is 11.0 Å². The first-order chi connectivity index (χ1) is 10.0. The van der Waals surface area contributed by atoms with Crippen LogP contribution in [0.2, 0.25) is 0 Å². The van der Waals surface area contributed by atoms with Crippen LogP contribution >= 0.6 is 11.3 Å². The lowest BCUT2D eigenvalue weighted by Gasteiger charge is -2.20. The molecular formula is C16H21N3OS. The van der Waals surface area contributed by atoms with Crippen LogP contribution in [0.5, 0.6) is 0 Å². The molecule has 0 saturated carbocycles. The number of hydrogen-bond acceptors (Lipinski definition) is 4. The number of benzene rings is 1. The molecule has 112 valence electrons. The number of carbonyl (C=O) groups excluding carboxylic acids is 1. The number of likely N-dealkylation sites (N-methyl/N-ethyl adjacent to an activating group) is 1. The number of nitrogens with zero attached hydrogens (tertiary/aromatic N) is 2. The van der Waals surface area contributed by atoms with Crippen LogP contribution < -0.4 is 5.73 Å². The van der Waals surface area contributed by atoms with Crippen molar-refractivity contribution in [2.75, 3.05) is 7.05 Å². The molecule has 1 aromatic heterocycles. The molecular weight excluding hydrogens is 282 g/mol. The summed E-state index contributed by atoms with van der Waals surface area (Å²) in [6.07, 6.45) is 2.84. The van der Waals surface area contributed by atoms with Gasteiger partial charge in [0.15, 0.2) is 0 Å². The Labute approximate surface area is 129 Å². The Hall–Kier alpha value is -1.72. The molecule has 0 aliphatic heterocycles. The number of aryl methyl sites for hydroxylation is 2. The summed E-state index contributed by atoms with van der Waals surface area (Å²) in [7, 11) is 1.77. The Bertz CT molecular complexity index is 606. The molecule has 1 heterocycles. The van der Waals surface area contributed by atoms with Gasteiger partial charge in [-0.2, -0.15) is 0 Å². The molecule has 0 aliphatic carbocycles.